The third kappa shape index (κ3) is 3.86. The molecule has 0 amide bonds. The third-order valence-electron chi connectivity index (χ3n) is 2.67. The SMILES string of the molecule is CC1=CC(SCc2ccc([N+](=O)[O-])cc2)=CC(C)O1. The molecule has 0 bridgehead atoms. The Hall–Kier alpha value is -1.75. The van der Waals surface area contributed by atoms with Gasteiger partial charge in [0.15, 0.2) is 0 Å². The van der Waals surface area contributed by atoms with Gasteiger partial charge in [0, 0.05) is 22.8 Å². The minimum atomic E-state index is -0.383. The first-order valence-corrected chi connectivity index (χ1v) is 6.96. The quantitative estimate of drug-likeness (QED) is 0.615. The Bertz CT molecular complexity index is 534. The maximum Gasteiger partial charge on any atom is 0.269 e. The van der Waals surface area contributed by atoms with Gasteiger partial charge in [-0.3, -0.25) is 10.1 Å². The van der Waals surface area contributed by atoms with Crippen molar-refractivity contribution in [1.82, 2.24) is 0 Å². The second-order valence-corrected chi connectivity index (χ2v) is 5.41. The van der Waals surface area contributed by atoms with E-state index in [2.05, 4.69) is 6.08 Å². The number of thioether (sulfide) groups is 1. The van der Waals surface area contributed by atoms with Gasteiger partial charge in [-0.15, -0.1) is 11.8 Å². The van der Waals surface area contributed by atoms with E-state index in [9.17, 15) is 10.1 Å². The van der Waals surface area contributed by atoms with E-state index in [1.165, 1.54) is 17.0 Å². The van der Waals surface area contributed by atoms with Crippen LogP contribution in [0.1, 0.15) is 19.4 Å². The second-order valence-electron chi connectivity index (χ2n) is 4.36. The molecule has 0 aromatic heterocycles. The van der Waals surface area contributed by atoms with Crippen molar-refractivity contribution < 1.29 is 9.66 Å². The number of benzene rings is 1. The van der Waals surface area contributed by atoms with E-state index in [0.717, 1.165) is 17.1 Å². The summed E-state index contributed by atoms with van der Waals surface area (Å²) in [6, 6.07) is 6.67. The van der Waals surface area contributed by atoms with Crippen molar-refractivity contribution in [2.45, 2.75) is 25.7 Å². The van der Waals surface area contributed by atoms with Gasteiger partial charge < -0.3 is 4.74 Å². The standard InChI is InChI=1S/C14H15NO3S/c1-10-7-14(8-11(2)18-10)19-9-12-3-5-13(6-4-12)15(16)17/h3-8,10H,9H2,1-2H3. The molecule has 1 aromatic rings. The van der Waals surface area contributed by atoms with Gasteiger partial charge >= 0.3 is 0 Å². The van der Waals surface area contributed by atoms with Gasteiger partial charge in [0.1, 0.15) is 6.10 Å². The first kappa shape index (κ1) is 13.7. The van der Waals surface area contributed by atoms with Crippen molar-refractivity contribution in [3.8, 4) is 0 Å². The molecule has 19 heavy (non-hydrogen) atoms. The van der Waals surface area contributed by atoms with Crippen LogP contribution in [0.25, 0.3) is 0 Å². The van der Waals surface area contributed by atoms with Crippen LogP contribution < -0.4 is 0 Å². The smallest absolute Gasteiger partial charge is 0.269 e. The number of non-ortho nitro benzene ring substituents is 1. The predicted molar refractivity (Wildman–Crippen MR) is 76.8 cm³/mol. The summed E-state index contributed by atoms with van der Waals surface area (Å²) >= 11 is 1.71. The lowest BCUT2D eigenvalue weighted by Gasteiger charge is -2.18. The molecular formula is C14H15NO3S. The fourth-order valence-corrected chi connectivity index (χ4v) is 2.87. The lowest BCUT2D eigenvalue weighted by molar-refractivity contribution is -0.384. The van der Waals surface area contributed by atoms with Crippen LogP contribution in [-0.4, -0.2) is 11.0 Å². The molecule has 0 radical (unpaired) electrons. The van der Waals surface area contributed by atoms with Crippen molar-refractivity contribution in [2.24, 2.45) is 0 Å². The molecule has 0 spiro atoms. The monoisotopic (exact) mass is 277 g/mol. The lowest BCUT2D eigenvalue weighted by atomic mass is 10.2. The Morgan fingerprint density at radius 3 is 2.63 bits per heavy atom. The highest BCUT2D eigenvalue weighted by Crippen LogP contribution is 2.28. The number of allylic oxidation sites excluding steroid dienone is 2. The van der Waals surface area contributed by atoms with Crippen molar-refractivity contribution in [3.05, 3.63) is 62.8 Å². The molecule has 0 saturated heterocycles. The second kappa shape index (κ2) is 5.93. The highest BCUT2D eigenvalue weighted by molar-refractivity contribution is 8.02. The summed E-state index contributed by atoms with van der Waals surface area (Å²) in [5.74, 6) is 1.71. The number of nitrogens with zero attached hydrogens (tertiary/aromatic N) is 1. The van der Waals surface area contributed by atoms with Crippen molar-refractivity contribution in [1.29, 1.82) is 0 Å². The van der Waals surface area contributed by atoms with E-state index in [-0.39, 0.29) is 16.7 Å². The largest absolute Gasteiger partial charge is 0.491 e. The van der Waals surface area contributed by atoms with Gasteiger partial charge in [-0.2, -0.15) is 0 Å². The molecule has 0 fully saturated rings. The summed E-state index contributed by atoms with van der Waals surface area (Å²) in [6.45, 7) is 3.94. The van der Waals surface area contributed by atoms with E-state index in [0.29, 0.717) is 0 Å². The molecule has 1 atom stereocenters. The molecular weight excluding hydrogens is 262 g/mol. The molecule has 1 aliphatic heterocycles. The van der Waals surface area contributed by atoms with E-state index in [4.69, 9.17) is 4.74 Å². The maximum absolute atomic E-state index is 10.6. The van der Waals surface area contributed by atoms with Crippen LogP contribution in [-0.2, 0) is 10.5 Å². The van der Waals surface area contributed by atoms with Crippen molar-refractivity contribution in [2.75, 3.05) is 0 Å². The fraction of sp³-hybridized carbons (Fsp3) is 0.286. The number of rotatable bonds is 4. The van der Waals surface area contributed by atoms with E-state index >= 15 is 0 Å². The molecule has 0 aliphatic carbocycles. The summed E-state index contributed by atoms with van der Waals surface area (Å²) in [5.41, 5.74) is 1.20. The number of hydrogen-bond donors (Lipinski definition) is 0. The van der Waals surface area contributed by atoms with Crippen LogP contribution in [0.3, 0.4) is 0 Å². The van der Waals surface area contributed by atoms with Gasteiger partial charge in [0.2, 0.25) is 0 Å². The Kier molecular flexibility index (Phi) is 4.27. The summed E-state index contributed by atoms with van der Waals surface area (Å²) < 4.78 is 5.51. The predicted octanol–water partition coefficient (Wildman–Crippen LogP) is 4.03. The van der Waals surface area contributed by atoms with E-state index in [1.54, 1.807) is 23.9 Å². The average Bonchev–Trinajstić information content (AvgIpc) is 2.36. The van der Waals surface area contributed by atoms with Crippen LogP contribution in [0, 0.1) is 10.1 Å². The van der Waals surface area contributed by atoms with Gasteiger partial charge in [-0.05, 0) is 31.6 Å². The van der Waals surface area contributed by atoms with Crippen molar-refractivity contribution >= 4 is 17.4 Å². The molecule has 2 rings (SSSR count). The Labute approximate surface area is 116 Å². The average molecular weight is 277 g/mol. The van der Waals surface area contributed by atoms with Crippen LogP contribution in [0.2, 0.25) is 0 Å². The minimum Gasteiger partial charge on any atom is -0.491 e. The lowest BCUT2D eigenvalue weighted by Crippen LogP contribution is -2.07. The molecule has 1 heterocycles. The molecule has 5 heteroatoms. The zero-order valence-corrected chi connectivity index (χ0v) is 11.6. The molecule has 0 saturated carbocycles. The fourth-order valence-electron chi connectivity index (χ4n) is 1.81. The van der Waals surface area contributed by atoms with Crippen molar-refractivity contribution in [3.63, 3.8) is 0 Å². The van der Waals surface area contributed by atoms with Gasteiger partial charge in [0.05, 0.1) is 10.7 Å². The van der Waals surface area contributed by atoms with Gasteiger partial charge in [-0.25, -0.2) is 0 Å². The first-order valence-electron chi connectivity index (χ1n) is 5.97. The van der Waals surface area contributed by atoms with Crippen LogP contribution >= 0.6 is 11.8 Å². The number of ether oxygens (including phenoxy) is 1. The van der Waals surface area contributed by atoms with Crippen LogP contribution in [0.4, 0.5) is 5.69 Å². The van der Waals surface area contributed by atoms with Crippen LogP contribution in [0.15, 0.2) is 47.1 Å². The molecule has 100 valence electrons. The Morgan fingerprint density at radius 1 is 1.37 bits per heavy atom. The molecule has 1 unspecified atom stereocenters. The zero-order chi connectivity index (χ0) is 13.8. The van der Waals surface area contributed by atoms with Gasteiger partial charge in [0.25, 0.3) is 5.69 Å². The first-order chi connectivity index (χ1) is 9.04. The zero-order valence-electron chi connectivity index (χ0n) is 10.8. The Balaban J connectivity index is 1.97. The summed E-state index contributed by atoms with van der Waals surface area (Å²) in [4.78, 5) is 11.4. The number of nitro benzene ring substituents is 1. The van der Waals surface area contributed by atoms with E-state index in [1.807, 2.05) is 19.9 Å². The normalized spacial score (nSPS) is 18.3. The molecule has 4 nitrogen and oxygen atoms in total. The minimum absolute atomic E-state index is 0.101. The van der Waals surface area contributed by atoms with Gasteiger partial charge in [-0.1, -0.05) is 12.1 Å². The van der Waals surface area contributed by atoms with Crippen LogP contribution in [0.5, 0.6) is 0 Å². The maximum atomic E-state index is 10.6. The molecule has 0 N–H and O–H groups in total. The summed E-state index contributed by atoms with van der Waals surface area (Å²) in [6.07, 6.45) is 4.18. The summed E-state index contributed by atoms with van der Waals surface area (Å²) in [5, 5.41) is 10.6. The highest BCUT2D eigenvalue weighted by atomic mass is 32.2. The highest BCUT2D eigenvalue weighted by Gasteiger charge is 2.10. The topological polar surface area (TPSA) is 52.4 Å². The molecule has 1 aliphatic rings. The number of nitro groups is 1. The summed E-state index contributed by atoms with van der Waals surface area (Å²) in [7, 11) is 0. The third-order valence-corrected chi connectivity index (χ3v) is 3.73. The Morgan fingerprint density at radius 2 is 2.05 bits per heavy atom. The van der Waals surface area contributed by atoms with E-state index < -0.39 is 0 Å². The number of hydrogen-bond acceptors (Lipinski definition) is 4. The molecule has 1 aromatic carbocycles.